The Bertz CT molecular complexity index is 427. The minimum atomic E-state index is -0.586. The van der Waals surface area contributed by atoms with Crippen molar-refractivity contribution in [3.63, 3.8) is 0 Å². The molecule has 0 saturated heterocycles. The molecule has 0 aromatic heterocycles. The van der Waals surface area contributed by atoms with E-state index < -0.39 is 6.10 Å². The van der Waals surface area contributed by atoms with Crippen molar-refractivity contribution < 1.29 is 9.50 Å². The van der Waals surface area contributed by atoms with Crippen molar-refractivity contribution in [1.29, 1.82) is 0 Å². The molecule has 0 aliphatic heterocycles. The highest BCUT2D eigenvalue weighted by Crippen LogP contribution is 2.22. The van der Waals surface area contributed by atoms with Crippen molar-refractivity contribution in [1.82, 2.24) is 5.32 Å². The van der Waals surface area contributed by atoms with Crippen molar-refractivity contribution in [3.8, 4) is 0 Å². The van der Waals surface area contributed by atoms with E-state index in [1.807, 2.05) is 6.92 Å². The van der Waals surface area contributed by atoms with Crippen molar-refractivity contribution in [2.75, 3.05) is 0 Å². The summed E-state index contributed by atoms with van der Waals surface area (Å²) in [5.74, 6) is -0.217. The van der Waals surface area contributed by atoms with Crippen molar-refractivity contribution in [2.24, 2.45) is 0 Å². The number of aryl methyl sites for hydroxylation is 1. The zero-order valence-electron chi connectivity index (χ0n) is 12.5. The molecule has 0 spiro atoms. The first-order valence-electron chi connectivity index (χ1n) is 7.78. The van der Waals surface area contributed by atoms with E-state index in [-0.39, 0.29) is 11.9 Å². The van der Waals surface area contributed by atoms with Gasteiger partial charge < -0.3 is 10.4 Å². The maximum atomic E-state index is 13.3. The normalized spacial score (nSPS) is 20.4. The Morgan fingerprint density at radius 1 is 1.20 bits per heavy atom. The fourth-order valence-electron chi connectivity index (χ4n) is 3.05. The van der Waals surface area contributed by atoms with Crippen LogP contribution in [-0.4, -0.2) is 17.2 Å². The molecule has 1 aliphatic rings. The Morgan fingerprint density at radius 3 is 2.45 bits per heavy atom. The quantitative estimate of drug-likeness (QED) is 0.820. The molecule has 0 radical (unpaired) electrons. The molecule has 1 saturated carbocycles. The lowest BCUT2D eigenvalue weighted by atomic mass is 9.99. The van der Waals surface area contributed by atoms with Crippen LogP contribution in [0.1, 0.15) is 62.7 Å². The van der Waals surface area contributed by atoms with Crippen LogP contribution < -0.4 is 5.32 Å². The van der Waals surface area contributed by atoms with Crippen molar-refractivity contribution in [2.45, 2.75) is 70.6 Å². The van der Waals surface area contributed by atoms with Crippen LogP contribution in [-0.2, 0) is 0 Å². The second-order valence-electron chi connectivity index (χ2n) is 6.10. The van der Waals surface area contributed by atoms with Crippen LogP contribution in [0.15, 0.2) is 18.2 Å². The van der Waals surface area contributed by atoms with Gasteiger partial charge in [0.15, 0.2) is 0 Å². The first-order chi connectivity index (χ1) is 9.58. The summed E-state index contributed by atoms with van der Waals surface area (Å²) >= 11 is 0. The van der Waals surface area contributed by atoms with E-state index in [9.17, 15) is 9.50 Å². The standard InChI is InChI=1S/C17H26FNO/c1-12-11-14(9-10-16(12)18)17(20)13(2)19-15-7-5-3-4-6-8-15/h9-11,13,15,17,19-20H,3-8H2,1-2H3. The largest absolute Gasteiger partial charge is 0.387 e. The number of hydrogen-bond donors (Lipinski definition) is 2. The summed E-state index contributed by atoms with van der Waals surface area (Å²) in [4.78, 5) is 0. The second kappa shape index (κ2) is 7.19. The Labute approximate surface area is 121 Å². The molecule has 2 atom stereocenters. The summed E-state index contributed by atoms with van der Waals surface area (Å²) in [6, 6.07) is 5.35. The van der Waals surface area contributed by atoms with Crippen LogP contribution in [0, 0.1) is 12.7 Å². The van der Waals surface area contributed by atoms with Gasteiger partial charge in [-0.25, -0.2) is 4.39 Å². The maximum Gasteiger partial charge on any atom is 0.126 e. The number of benzene rings is 1. The van der Waals surface area contributed by atoms with E-state index in [2.05, 4.69) is 5.32 Å². The highest BCUT2D eigenvalue weighted by Gasteiger charge is 2.21. The molecule has 2 unspecified atom stereocenters. The summed E-state index contributed by atoms with van der Waals surface area (Å²) < 4.78 is 13.3. The molecule has 1 aliphatic carbocycles. The number of aliphatic hydroxyl groups is 1. The Balaban J connectivity index is 1.96. The minimum absolute atomic E-state index is 0.0111. The molecule has 2 nitrogen and oxygen atoms in total. The summed E-state index contributed by atoms with van der Waals surface area (Å²) in [7, 11) is 0. The lowest BCUT2D eigenvalue weighted by Gasteiger charge is -2.26. The molecule has 3 heteroatoms. The Kier molecular flexibility index (Phi) is 5.55. The van der Waals surface area contributed by atoms with Gasteiger partial charge in [0.1, 0.15) is 5.82 Å². The minimum Gasteiger partial charge on any atom is -0.387 e. The Hall–Kier alpha value is -0.930. The predicted octanol–water partition coefficient (Wildman–Crippen LogP) is 3.87. The van der Waals surface area contributed by atoms with Gasteiger partial charge in [0, 0.05) is 12.1 Å². The molecule has 2 N–H and O–H groups in total. The monoisotopic (exact) mass is 279 g/mol. The van der Waals surface area contributed by atoms with Gasteiger partial charge in [-0.1, -0.05) is 37.8 Å². The van der Waals surface area contributed by atoms with Crippen LogP contribution in [0.4, 0.5) is 4.39 Å². The van der Waals surface area contributed by atoms with Gasteiger partial charge in [0.25, 0.3) is 0 Å². The summed E-state index contributed by atoms with van der Waals surface area (Å²) in [6.45, 7) is 3.74. The maximum absolute atomic E-state index is 13.3. The van der Waals surface area contributed by atoms with Gasteiger partial charge in [0.2, 0.25) is 0 Å². The average Bonchev–Trinajstić information content (AvgIpc) is 2.69. The van der Waals surface area contributed by atoms with Gasteiger partial charge in [0.05, 0.1) is 6.10 Å². The number of nitrogens with one attached hydrogen (secondary N) is 1. The van der Waals surface area contributed by atoms with E-state index in [4.69, 9.17) is 0 Å². The smallest absolute Gasteiger partial charge is 0.126 e. The van der Waals surface area contributed by atoms with Gasteiger partial charge >= 0.3 is 0 Å². The molecule has 1 aromatic rings. The third-order valence-corrected chi connectivity index (χ3v) is 4.35. The molecular formula is C17H26FNO. The summed E-state index contributed by atoms with van der Waals surface area (Å²) in [6.07, 6.45) is 7.00. The third kappa shape index (κ3) is 4.03. The Morgan fingerprint density at radius 2 is 1.85 bits per heavy atom. The topological polar surface area (TPSA) is 32.3 Å². The molecule has 0 amide bonds. The van der Waals surface area contributed by atoms with E-state index in [1.165, 1.54) is 44.6 Å². The average molecular weight is 279 g/mol. The first kappa shape index (κ1) is 15.5. The van der Waals surface area contributed by atoms with Crippen molar-refractivity contribution in [3.05, 3.63) is 35.1 Å². The van der Waals surface area contributed by atoms with E-state index in [0.717, 1.165) is 5.56 Å². The number of halogens is 1. The van der Waals surface area contributed by atoms with E-state index in [0.29, 0.717) is 11.6 Å². The van der Waals surface area contributed by atoms with Crippen LogP contribution in [0.5, 0.6) is 0 Å². The van der Waals surface area contributed by atoms with Gasteiger partial charge in [-0.05, 0) is 43.9 Å². The highest BCUT2D eigenvalue weighted by molar-refractivity contribution is 5.26. The highest BCUT2D eigenvalue weighted by atomic mass is 19.1. The molecule has 112 valence electrons. The summed E-state index contributed by atoms with van der Waals surface area (Å²) in [5.41, 5.74) is 1.38. The third-order valence-electron chi connectivity index (χ3n) is 4.35. The van der Waals surface area contributed by atoms with Crippen LogP contribution in [0.25, 0.3) is 0 Å². The fraction of sp³-hybridized carbons (Fsp3) is 0.647. The summed E-state index contributed by atoms with van der Waals surface area (Å²) in [5, 5.41) is 14.0. The molecule has 0 heterocycles. The zero-order valence-corrected chi connectivity index (χ0v) is 12.5. The van der Waals surface area contributed by atoms with Crippen LogP contribution >= 0.6 is 0 Å². The second-order valence-corrected chi connectivity index (χ2v) is 6.10. The van der Waals surface area contributed by atoms with E-state index >= 15 is 0 Å². The molecular weight excluding hydrogens is 253 g/mol. The molecule has 0 bridgehead atoms. The first-order valence-corrected chi connectivity index (χ1v) is 7.78. The molecule has 1 aromatic carbocycles. The molecule has 20 heavy (non-hydrogen) atoms. The number of rotatable bonds is 4. The van der Waals surface area contributed by atoms with Crippen LogP contribution in [0.2, 0.25) is 0 Å². The predicted molar refractivity (Wildman–Crippen MR) is 80.2 cm³/mol. The van der Waals surface area contributed by atoms with Gasteiger partial charge in [-0.2, -0.15) is 0 Å². The number of hydrogen-bond acceptors (Lipinski definition) is 2. The van der Waals surface area contributed by atoms with Gasteiger partial charge in [-0.3, -0.25) is 0 Å². The fourth-order valence-corrected chi connectivity index (χ4v) is 3.05. The van der Waals surface area contributed by atoms with Gasteiger partial charge in [-0.15, -0.1) is 0 Å². The van der Waals surface area contributed by atoms with Crippen LogP contribution in [0.3, 0.4) is 0 Å². The lowest BCUT2D eigenvalue weighted by Crippen LogP contribution is -2.39. The number of aliphatic hydroxyl groups excluding tert-OH is 1. The molecule has 1 fully saturated rings. The van der Waals surface area contributed by atoms with E-state index in [1.54, 1.807) is 19.1 Å². The molecule has 2 rings (SSSR count). The zero-order chi connectivity index (χ0) is 14.5. The lowest BCUT2D eigenvalue weighted by molar-refractivity contribution is 0.127. The van der Waals surface area contributed by atoms with Crippen molar-refractivity contribution >= 4 is 0 Å². The SMILES string of the molecule is Cc1cc(C(O)C(C)NC2CCCCCC2)ccc1F.